The standard InChI is InChI=1S/C29H40N2O8S/c1-3-19(2)17-31(40(36,37)21-9-10-24(32)25(33)16-21)18-26(34)23(15-20-7-5-4-6-8-20)30-29(35)39-28-12-11-27-22(28)13-14-38-27/h4-10,16,19,22-23,26-28,32-34H,3,11-15,17-18H2,1-2H3,(H,30,35)/t19-,22+,23-,26+,27+,28-/m0/s1. The minimum Gasteiger partial charge on any atom is -0.504 e. The molecule has 4 N–H and O–H groups in total. The van der Waals surface area contributed by atoms with Crippen molar-refractivity contribution in [2.24, 2.45) is 11.8 Å². The van der Waals surface area contributed by atoms with E-state index in [0.717, 1.165) is 37.0 Å². The number of carbonyl (C=O) groups is 1. The first-order valence-electron chi connectivity index (χ1n) is 13.9. The molecular weight excluding hydrogens is 536 g/mol. The number of phenolic OH excluding ortho intramolecular Hbond substituents is 2. The van der Waals surface area contributed by atoms with Crippen LogP contribution in [0.3, 0.4) is 0 Å². The Bertz CT molecular complexity index is 1240. The Labute approximate surface area is 236 Å². The van der Waals surface area contributed by atoms with Gasteiger partial charge in [0.15, 0.2) is 11.5 Å². The van der Waals surface area contributed by atoms with E-state index < -0.39 is 39.8 Å². The number of nitrogens with zero attached hydrogens (tertiary/aromatic N) is 1. The second-order valence-corrected chi connectivity index (χ2v) is 12.8. The highest BCUT2D eigenvalue weighted by Crippen LogP contribution is 2.38. The molecule has 0 spiro atoms. The summed E-state index contributed by atoms with van der Waals surface area (Å²) < 4.78 is 39.9. The Kier molecular flexibility index (Phi) is 9.94. The molecule has 11 heteroatoms. The van der Waals surface area contributed by atoms with Crippen LogP contribution in [-0.2, 0) is 25.9 Å². The quantitative estimate of drug-likeness (QED) is 0.281. The van der Waals surface area contributed by atoms with Gasteiger partial charge in [-0.3, -0.25) is 0 Å². The lowest BCUT2D eigenvalue weighted by Crippen LogP contribution is -2.51. The summed E-state index contributed by atoms with van der Waals surface area (Å²) in [6.07, 6.45) is 1.29. The van der Waals surface area contributed by atoms with Crippen molar-refractivity contribution < 1.29 is 38.0 Å². The summed E-state index contributed by atoms with van der Waals surface area (Å²) in [6.45, 7) is 4.32. The number of sulfonamides is 1. The molecule has 2 fully saturated rings. The van der Waals surface area contributed by atoms with E-state index in [1.165, 1.54) is 10.4 Å². The fourth-order valence-electron chi connectivity index (χ4n) is 5.45. The van der Waals surface area contributed by atoms with Crippen molar-refractivity contribution in [2.75, 3.05) is 19.7 Å². The number of aliphatic hydroxyl groups excluding tert-OH is 1. The average Bonchev–Trinajstić information content (AvgIpc) is 3.55. The minimum absolute atomic E-state index is 0.0258. The van der Waals surface area contributed by atoms with Crippen LogP contribution in [0, 0.1) is 11.8 Å². The lowest BCUT2D eigenvalue weighted by atomic mass is 10.0. The number of nitrogens with one attached hydrogen (secondary N) is 1. The molecule has 40 heavy (non-hydrogen) atoms. The zero-order chi connectivity index (χ0) is 28.9. The molecule has 0 bridgehead atoms. The first-order chi connectivity index (χ1) is 19.1. The largest absolute Gasteiger partial charge is 0.504 e. The molecule has 10 nitrogen and oxygen atoms in total. The number of carbonyl (C=O) groups excluding carboxylic acids is 1. The normalized spacial score (nSPS) is 22.9. The molecule has 0 unspecified atom stereocenters. The number of aromatic hydroxyl groups is 2. The third-order valence-electron chi connectivity index (χ3n) is 7.99. The number of ether oxygens (including phenoxy) is 2. The summed E-state index contributed by atoms with van der Waals surface area (Å²) in [5.74, 6) is -0.850. The predicted octanol–water partition coefficient (Wildman–Crippen LogP) is 3.40. The lowest BCUT2D eigenvalue weighted by molar-refractivity contribution is 0.0496. The van der Waals surface area contributed by atoms with Gasteiger partial charge < -0.3 is 30.1 Å². The lowest BCUT2D eigenvalue weighted by Gasteiger charge is -2.31. The molecule has 1 heterocycles. The van der Waals surface area contributed by atoms with E-state index in [1.807, 2.05) is 44.2 Å². The van der Waals surface area contributed by atoms with Gasteiger partial charge in [-0.1, -0.05) is 50.6 Å². The van der Waals surface area contributed by atoms with Gasteiger partial charge in [0.05, 0.1) is 23.1 Å². The van der Waals surface area contributed by atoms with Crippen molar-refractivity contribution in [1.29, 1.82) is 0 Å². The third kappa shape index (κ3) is 7.25. The van der Waals surface area contributed by atoms with Gasteiger partial charge in [0, 0.05) is 31.7 Å². The number of amides is 1. The van der Waals surface area contributed by atoms with Gasteiger partial charge in [-0.05, 0) is 49.3 Å². The van der Waals surface area contributed by atoms with Crippen LogP contribution in [-0.4, -0.2) is 78.2 Å². The van der Waals surface area contributed by atoms with Gasteiger partial charge in [-0.25, -0.2) is 13.2 Å². The number of benzene rings is 2. The van der Waals surface area contributed by atoms with Crippen LogP contribution in [0.15, 0.2) is 53.4 Å². The number of hydrogen-bond donors (Lipinski definition) is 4. The Balaban J connectivity index is 1.54. The third-order valence-corrected chi connectivity index (χ3v) is 9.81. The summed E-state index contributed by atoms with van der Waals surface area (Å²) >= 11 is 0. The van der Waals surface area contributed by atoms with E-state index in [4.69, 9.17) is 9.47 Å². The molecule has 1 aliphatic heterocycles. The molecule has 4 rings (SSSR count). The average molecular weight is 577 g/mol. The predicted molar refractivity (Wildman–Crippen MR) is 148 cm³/mol. The van der Waals surface area contributed by atoms with Crippen molar-refractivity contribution in [3.05, 3.63) is 54.1 Å². The summed E-state index contributed by atoms with van der Waals surface area (Å²) in [7, 11) is -4.16. The Morgan fingerprint density at radius 2 is 1.85 bits per heavy atom. The number of alkyl carbamates (subject to hydrolysis) is 1. The Morgan fingerprint density at radius 1 is 1.10 bits per heavy atom. The Morgan fingerprint density at radius 3 is 2.55 bits per heavy atom. The van der Waals surface area contributed by atoms with Crippen LogP contribution in [0.5, 0.6) is 11.5 Å². The molecule has 1 saturated heterocycles. The molecule has 2 aromatic rings. The number of phenols is 2. The van der Waals surface area contributed by atoms with Gasteiger partial charge in [-0.15, -0.1) is 0 Å². The van der Waals surface area contributed by atoms with Crippen molar-refractivity contribution in [3.8, 4) is 11.5 Å². The highest BCUT2D eigenvalue weighted by molar-refractivity contribution is 7.89. The van der Waals surface area contributed by atoms with Crippen LogP contribution in [0.2, 0.25) is 0 Å². The molecule has 0 aromatic heterocycles. The number of aliphatic hydroxyl groups is 1. The van der Waals surface area contributed by atoms with Gasteiger partial charge in [0.25, 0.3) is 0 Å². The summed E-state index contributed by atoms with van der Waals surface area (Å²) in [5.41, 5.74) is 0.858. The highest BCUT2D eigenvalue weighted by Gasteiger charge is 2.43. The maximum absolute atomic E-state index is 13.6. The van der Waals surface area contributed by atoms with Crippen LogP contribution in [0.1, 0.15) is 45.1 Å². The zero-order valence-corrected chi connectivity index (χ0v) is 23.8. The van der Waals surface area contributed by atoms with Crippen LogP contribution in [0.25, 0.3) is 0 Å². The fourth-order valence-corrected chi connectivity index (χ4v) is 7.05. The van der Waals surface area contributed by atoms with Gasteiger partial charge >= 0.3 is 6.09 Å². The van der Waals surface area contributed by atoms with E-state index in [-0.39, 0.29) is 48.4 Å². The van der Waals surface area contributed by atoms with Crippen molar-refractivity contribution >= 4 is 16.1 Å². The van der Waals surface area contributed by atoms with Gasteiger partial charge in [-0.2, -0.15) is 4.31 Å². The van der Waals surface area contributed by atoms with Crippen LogP contribution >= 0.6 is 0 Å². The van der Waals surface area contributed by atoms with E-state index in [1.54, 1.807) is 0 Å². The summed E-state index contributed by atoms with van der Waals surface area (Å²) in [4.78, 5) is 12.8. The minimum atomic E-state index is -4.16. The first-order valence-corrected chi connectivity index (χ1v) is 15.3. The number of rotatable bonds is 12. The zero-order valence-electron chi connectivity index (χ0n) is 23.0. The molecule has 1 amide bonds. The second kappa shape index (κ2) is 13.2. The molecule has 6 atom stereocenters. The maximum atomic E-state index is 13.6. The topological polar surface area (TPSA) is 146 Å². The van der Waals surface area contributed by atoms with Crippen LogP contribution < -0.4 is 5.32 Å². The van der Waals surface area contributed by atoms with Crippen LogP contribution in [0.4, 0.5) is 4.79 Å². The molecule has 2 aliphatic rings. The molecule has 220 valence electrons. The van der Waals surface area contributed by atoms with E-state index >= 15 is 0 Å². The molecule has 2 aromatic carbocycles. The first kappa shape index (κ1) is 30.1. The monoisotopic (exact) mass is 576 g/mol. The van der Waals surface area contributed by atoms with Gasteiger partial charge in [0.1, 0.15) is 6.10 Å². The second-order valence-electron chi connectivity index (χ2n) is 10.9. The fraction of sp³-hybridized carbons (Fsp3) is 0.552. The van der Waals surface area contributed by atoms with Gasteiger partial charge in [0.2, 0.25) is 10.0 Å². The smallest absolute Gasteiger partial charge is 0.407 e. The Hall–Kier alpha value is -2.86. The van der Waals surface area contributed by atoms with Crippen molar-refractivity contribution in [1.82, 2.24) is 9.62 Å². The van der Waals surface area contributed by atoms with Crippen molar-refractivity contribution in [2.45, 2.75) is 75.2 Å². The highest BCUT2D eigenvalue weighted by atomic mass is 32.2. The number of hydrogen-bond acceptors (Lipinski definition) is 8. The number of fused-ring (bicyclic) bond motifs is 1. The summed E-state index contributed by atoms with van der Waals surface area (Å²) in [6, 6.07) is 11.8. The molecule has 1 saturated carbocycles. The summed E-state index contributed by atoms with van der Waals surface area (Å²) in [5, 5.41) is 33.8. The van der Waals surface area contributed by atoms with E-state index in [9.17, 15) is 28.5 Å². The molecule has 1 aliphatic carbocycles. The van der Waals surface area contributed by atoms with E-state index in [0.29, 0.717) is 13.0 Å². The van der Waals surface area contributed by atoms with Crippen molar-refractivity contribution in [3.63, 3.8) is 0 Å². The molecule has 0 radical (unpaired) electrons. The molecular formula is C29H40N2O8S. The van der Waals surface area contributed by atoms with E-state index in [2.05, 4.69) is 5.32 Å². The maximum Gasteiger partial charge on any atom is 0.407 e. The SMILES string of the molecule is CC[C@H](C)CN(C[C@@H](O)[C@H](Cc1ccccc1)NC(=O)O[C@H]1CC[C@H]2OCC[C@@H]12)S(=O)(=O)c1ccc(O)c(O)c1.